The average Bonchev–Trinajstić information content (AvgIpc) is 2.46. The SMILES string of the molecule is C=C(C)C(=O)OCC1CCC(c2ccccc2)CC1. The smallest absolute Gasteiger partial charge is 0.333 e. The molecule has 0 atom stereocenters. The highest BCUT2D eigenvalue weighted by molar-refractivity contribution is 5.86. The van der Waals surface area contributed by atoms with E-state index in [-0.39, 0.29) is 5.97 Å². The highest BCUT2D eigenvalue weighted by Crippen LogP contribution is 2.35. The summed E-state index contributed by atoms with van der Waals surface area (Å²) in [5.74, 6) is 0.933. The predicted molar refractivity (Wildman–Crippen MR) is 76.9 cm³/mol. The van der Waals surface area contributed by atoms with Gasteiger partial charge < -0.3 is 4.74 Å². The van der Waals surface area contributed by atoms with E-state index in [0.717, 1.165) is 12.8 Å². The van der Waals surface area contributed by atoms with E-state index < -0.39 is 0 Å². The van der Waals surface area contributed by atoms with Crippen LogP contribution in [0.3, 0.4) is 0 Å². The van der Waals surface area contributed by atoms with E-state index in [1.54, 1.807) is 6.92 Å². The van der Waals surface area contributed by atoms with Gasteiger partial charge >= 0.3 is 5.97 Å². The molecular formula is C17H22O2. The molecule has 1 aliphatic rings. The molecular weight excluding hydrogens is 236 g/mol. The Bertz CT molecular complexity index is 428. The molecule has 0 saturated heterocycles. The van der Waals surface area contributed by atoms with Crippen molar-refractivity contribution in [1.29, 1.82) is 0 Å². The Morgan fingerprint density at radius 2 is 1.84 bits per heavy atom. The molecule has 2 heteroatoms. The molecule has 0 amide bonds. The quantitative estimate of drug-likeness (QED) is 0.601. The molecule has 0 spiro atoms. The molecule has 1 aromatic rings. The topological polar surface area (TPSA) is 26.3 Å². The molecule has 0 bridgehead atoms. The standard InChI is InChI=1S/C17H22O2/c1-13(2)17(18)19-12-14-8-10-16(11-9-14)15-6-4-3-5-7-15/h3-7,14,16H,1,8-12H2,2H3. The number of hydrogen-bond acceptors (Lipinski definition) is 2. The summed E-state index contributed by atoms with van der Waals surface area (Å²) in [7, 11) is 0. The number of esters is 1. The van der Waals surface area contributed by atoms with Gasteiger partial charge in [0.2, 0.25) is 0 Å². The van der Waals surface area contributed by atoms with Crippen LogP contribution in [0.25, 0.3) is 0 Å². The summed E-state index contributed by atoms with van der Waals surface area (Å²) in [5.41, 5.74) is 1.93. The minimum Gasteiger partial charge on any atom is -0.462 e. The highest BCUT2D eigenvalue weighted by Gasteiger charge is 2.23. The van der Waals surface area contributed by atoms with E-state index in [4.69, 9.17) is 4.74 Å². The third kappa shape index (κ3) is 3.95. The first kappa shape index (κ1) is 13.9. The van der Waals surface area contributed by atoms with Gasteiger partial charge in [-0.1, -0.05) is 36.9 Å². The first-order valence-corrected chi connectivity index (χ1v) is 7.04. The second kappa shape index (κ2) is 6.55. The maximum atomic E-state index is 11.3. The molecule has 2 nitrogen and oxygen atoms in total. The van der Waals surface area contributed by atoms with Gasteiger partial charge in [-0.05, 0) is 50.0 Å². The molecule has 0 radical (unpaired) electrons. The van der Waals surface area contributed by atoms with Crippen LogP contribution in [0.4, 0.5) is 0 Å². The van der Waals surface area contributed by atoms with Crippen molar-refractivity contribution in [3.05, 3.63) is 48.0 Å². The van der Waals surface area contributed by atoms with Gasteiger partial charge in [-0.25, -0.2) is 4.79 Å². The fourth-order valence-electron chi connectivity index (χ4n) is 2.70. The fraction of sp³-hybridized carbons (Fsp3) is 0.471. The van der Waals surface area contributed by atoms with Crippen molar-refractivity contribution in [2.24, 2.45) is 5.92 Å². The Balaban J connectivity index is 1.77. The van der Waals surface area contributed by atoms with E-state index in [1.807, 2.05) is 0 Å². The number of benzene rings is 1. The lowest BCUT2D eigenvalue weighted by atomic mass is 9.79. The second-order valence-corrected chi connectivity index (χ2v) is 5.51. The predicted octanol–water partition coefficient (Wildman–Crippen LogP) is 4.08. The van der Waals surface area contributed by atoms with Crippen LogP contribution in [0.15, 0.2) is 42.5 Å². The molecule has 102 valence electrons. The van der Waals surface area contributed by atoms with Crippen molar-refractivity contribution in [3.63, 3.8) is 0 Å². The first-order valence-electron chi connectivity index (χ1n) is 7.04. The van der Waals surface area contributed by atoms with Crippen LogP contribution in [0, 0.1) is 5.92 Å². The summed E-state index contributed by atoms with van der Waals surface area (Å²) in [6.45, 7) is 5.83. The molecule has 2 rings (SSSR count). The zero-order valence-corrected chi connectivity index (χ0v) is 11.6. The Labute approximate surface area is 115 Å². The van der Waals surface area contributed by atoms with Crippen molar-refractivity contribution in [3.8, 4) is 0 Å². The van der Waals surface area contributed by atoms with E-state index in [1.165, 1.54) is 18.4 Å². The number of rotatable bonds is 4. The van der Waals surface area contributed by atoms with Gasteiger partial charge in [-0.3, -0.25) is 0 Å². The van der Waals surface area contributed by atoms with Crippen molar-refractivity contribution >= 4 is 5.97 Å². The van der Waals surface area contributed by atoms with Crippen LogP contribution in [0.5, 0.6) is 0 Å². The third-order valence-electron chi connectivity index (χ3n) is 3.92. The van der Waals surface area contributed by atoms with Crippen LogP contribution in [0.1, 0.15) is 44.1 Å². The summed E-state index contributed by atoms with van der Waals surface area (Å²) in [6, 6.07) is 10.7. The Morgan fingerprint density at radius 1 is 1.21 bits per heavy atom. The molecule has 0 aliphatic heterocycles. The number of carbonyl (C=O) groups is 1. The van der Waals surface area contributed by atoms with Crippen LogP contribution in [0.2, 0.25) is 0 Å². The Kier molecular flexibility index (Phi) is 4.78. The lowest BCUT2D eigenvalue weighted by Gasteiger charge is -2.28. The highest BCUT2D eigenvalue weighted by atomic mass is 16.5. The van der Waals surface area contributed by atoms with Gasteiger partial charge in [0.15, 0.2) is 0 Å². The van der Waals surface area contributed by atoms with Crippen molar-refractivity contribution in [2.75, 3.05) is 6.61 Å². The number of ether oxygens (including phenoxy) is 1. The maximum absolute atomic E-state index is 11.3. The molecule has 1 aliphatic carbocycles. The number of carbonyl (C=O) groups excluding carboxylic acids is 1. The van der Waals surface area contributed by atoms with E-state index in [9.17, 15) is 4.79 Å². The molecule has 0 heterocycles. The summed E-state index contributed by atoms with van der Waals surface area (Å²) in [6.07, 6.45) is 4.67. The normalized spacial score (nSPS) is 22.8. The zero-order chi connectivity index (χ0) is 13.7. The van der Waals surface area contributed by atoms with Gasteiger partial charge in [-0.15, -0.1) is 0 Å². The summed E-state index contributed by atoms with van der Waals surface area (Å²) < 4.78 is 5.25. The minimum absolute atomic E-state index is 0.259. The lowest BCUT2D eigenvalue weighted by molar-refractivity contribution is -0.140. The Morgan fingerprint density at radius 3 is 2.42 bits per heavy atom. The molecule has 1 aromatic carbocycles. The molecule has 0 aromatic heterocycles. The summed E-state index contributed by atoms with van der Waals surface area (Å²) >= 11 is 0. The first-order chi connectivity index (χ1) is 9.16. The van der Waals surface area contributed by atoms with Crippen LogP contribution in [-0.4, -0.2) is 12.6 Å². The maximum Gasteiger partial charge on any atom is 0.333 e. The third-order valence-corrected chi connectivity index (χ3v) is 3.92. The van der Waals surface area contributed by atoms with Gasteiger partial charge in [-0.2, -0.15) is 0 Å². The van der Waals surface area contributed by atoms with Gasteiger partial charge in [0, 0.05) is 5.57 Å². The lowest BCUT2D eigenvalue weighted by Crippen LogP contribution is -2.20. The largest absolute Gasteiger partial charge is 0.462 e. The van der Waals surface area contributed by atoms with Crippen LogP contribution < -0.4 is 0 Å². The zero-order valence-electron chi connectivity index (χ0n) is 11.6. The molecule has 1 fully saturated rings. The van der Waals surface area contributed by atoms with Gasteiger partial charge in [0.25, 0.3) is 0 Å². The summed E-state index contributed by atoms with van der Waals surface area (Å²) in [4.78, 5) is 11.3. The van der Waals surface area contributed by atoms with E-state index in [2.05, 4.69) is 36.9 Å². The second-order valence-electron chi connectivity index (χ2n) is 5.51. The van der Waals surface area contributed by atoms with Gasteiger partial charge in [0.1, 0.15) is 0 Å². The van der Waals surface area contributed by atoms with Crippen molar-refractivity contribution in [1.82, 2.24) is 0 Å². The van der Waals surface area contributed by atoms with E-state index >= 15 is 0 Å². The molecule has 1 saturated carbocycles. The summed E-state index contributed by atoms with van der Waals surface area (Å²) in [5, 5.41) is 0. The van der Waals surface area contributed by atoms with E-state index in [0.29, 0.717) is 24.0 Å². The van der Waals surface area contributed by atoms with Gasteiger partial charge in [0.05, 0.1) is 6.61 Å². The monoisotopic (exact) mass is 258 g/mol. The Hall–Kier alpha value is -1.57. The fourth-order valence-corrected chi connectivity index (χ4v) is 2.70. The van der Waals surface area contributed by atoms with Crippen molar-refractivity contribution in [2.45, 2.75) is 38.5 Å². The molecule has 0 unspecified atom stereocenters. The average molecular weight is 258 g/mol. The molecule has 0 N–H and O–H groups in total. The minimum atomic E-state index is -0.259. The number of hydrogen-bond donors (Lipinski definition) is 0. The van der Waals surface area contributed by atoms with Crippen molar-refractivity contribution < 1.29 is 9.53 Å². The molecule has 19 heavy (non-hydrogen) atoms. The van der Waals surface area contributed by atoms with Crippen LogP contribution >= 0.6 is 0 Å². The van der Waals surface area contributed by atoms with Crippen LogP contribution in [-0.2, 0) is 9.53 Å².